The van der Waals surface area contributed by atoms with E-state index in [0.717, 1.165) is 29.0 Å². The topological polar surface area (TPSA) is 60.2 Å². The summed E-state index contributed by atoms with van der Waals surface area (Å²) in [7, 11) is 1.72. The van der Waals surface area contributed by atoms with Crippen LogP contribution in [0, 0.1) is 19.3 Å². The minimum Gasteiger partial charge on any atom is -0.496 e. The number of methoxy groups -OCH3 is 1. The molecule has 1 fully saturated rings. The summed E-state index contributed by atoms with van der Waals surface area (Å²) in [6.07, 6.45) is 9.10. The molecule has 0 radical (unpaired) electrons. The highest BCUT2D eigenvalue weighted by Gasteiger charge is 2.39. The zero-order valence-corrected chi connectivity index (χ0v) is 13.8. The van der Waals surface area contributed by atoms with Gasteiger partial charge in [0.25, 0.3) is 0 Å². The van der Waals surface area contributed by atoms with Crippen molar-refractivity contribution in [2.24, 2.45) is 11.3 Å². The molecule has 0 aliphatic heterocycles. The van der Waals surface area contributed by atoms with Gasteiger partial charge in [0.1, 0.15) is 5.75 Å². The molecule has 1 unspecified atom stereocenters. The first kappa shape index (κ1) is 16.2. The molecule has 1 aliphatic rings. The van der Waals surface area contributed by atoms with E-state index in [4.69, 9.17) is 10.6 Å². The van der Waals surface area contributed by atoms with E-state index >= 15 is 0 Å². The van der Waals surface area contributed by atoms with E-state index < -0.39 is 0 Å². The number of nitrogens with one attached hydrogen (secondary N) is 1. The van der Waals surface area contributed by atoms with Gasteiger partial charge in [0, 0.05) is 35.5 Å². The van der Waals surface area contributed by atoms with E-state index in [-0.39, 0.29) is 6.04 Å². The number of aromatic nitrogens is 1. The van der Waals surface area contributed by atoms with Gasteiger partial charge in [-0.15, -0.1) is 0 Å². The van der Waals surface area contributed by atoms with E-state index in [1.807, 2.05) is 13.1 Å². The van der Waals surface area contributed by atoms with Crippen molar-refractivity contribution in [2.75, 3.05) is 7.11 Å². The molecule has 0 bridgehead atoms. The molecule has 1 saturated carbocycles. The van der Waals surface area contributed by atoms with E-state index in [0.29, 0.717) is 5.41 Å². The SMILES string of the molecule is CCC1(C(Cc2ncc(C)c(OC)c2C)NN)CCCC1. The van der Waals surface area contributed by atoms with Crippen molar-refractivity contribution < 1.29 is 4.74 Å². The highest BCUT2D eigenvalue weighted by molar-refractivity contribution is 5.41. The third-order valence-electron chi connectivity index (χ3n) is 5.39. The van der Waals surface area contributed by atoms with Crippen molar-refractivity contribution in [3.63, 3.8) is 0 Å². The molecule has 118 valence electrons. The highest BCUT2D eigenvalue weighted by Crippen LogP contribution is 2.44. The Balaban J connectivity index is 2.27. The van der Waals surface area contributed by atoms with Crippen LogP contribution in [0.1, 0.15) is 55.8 Å². The third-order valence-corrected chi connectivity index (χ3v) is 5.39. The fraction of sp³-hybridized carbons (Fsp3) is 0.706. The quantitative estimate of drug-likeness (QED) is 0.625. The fourth-order valence-corrected chi connectivity index (χ4v) is 3.95. The summed E-state index contributed by atoms with van der Waals surface area (Å²) in [6, 6.07) is 0.281. The number of rotatable bonds is 6. The summed E-state index contributed by atoms with van der Waals surface area (Å²) in [5.41, 5.74) is 6.73. The van der Waals surface area contributed by atoms with Gasteiger partial charge in [0.05, 0.1) is 7.11 Å². The summed E-state index contributed by atoms with van der Waals surface area (Å²) in [6.45, 7) is 6.41. The van der Waals surface area contributed by atoms with Gasteiger partial charge in [-0.25, -0.2) is 0 Å². The Labute approximate surface area is 128 Å². The molecule has 1 aliphatic carbocycles. The molecular weight excluding hydrogens is 262 g/mol. The van der Waals surface area contributed by atoms with Crippen molar-refractivity contribution in [3.05, 3.63) is 23.0 Å². The van der Waals surface area contributed by atoms with E-state index in [1.165, 1.54) is 32.1 Å². The second-order valence-corrected chi connectivity index (χ2v) is 6.39. The Hall–Kier alpha value is -1.13. The Morgan fingerprint density at radius 3 is 2.57 bits per heavy atom. The molecule has 0 spiro atoms. The van der Waals surface area contributed by atoms with Crippen molar-refractivity contribution in [1.29, 1.82) is 0 Å². The van der Waals surface area contributed by atoms with Crippen LogP contribution in [-0.4, -0.2) is 18.1 Å². The van der Waals surface area contributed by atoms with Crippen LogP contribution in [0.2, 0.25) is 0 Å². The standard InChI is InChI=1S/C17H29N3O/c1-5-17(8-6-7-9-17)15(20-18)10-14-13(3)16(21-4)12(2)11-19-14/h11,15,20H,5-10,18H2,1-4H3. The molecule has 0 aromatic carbocycles. The van der Waals surface area contributed by atoms with Crippen molar-refractivity contribution in [2.45, 2.75) is 65.3 Å². The average Bonchev–Trinajstić information content (AvgIpc) is 2.97. The van der Waals surface area contributed by atoms with Crippen LogP contribution in [0.25, 0.3) is 0 Å². The van der Waals surface area contributed by atoms with Crippen LogP contribution >= 0.6 is 0 Å². The first-order valence-electron chi connectivity index (χ1n) is 8.03. The highest BCUT2D eigenvalue weighted by atomic mass is 16.5. The molecule has 4 nitrogen and oxygen atoms in total. The molecule has 1 atom stereocenters. The van der Waals surface area contributed by atoms with E-state index in [9.17, 15) is 0 Å². The van der Waals surface area contributed by atoms with Crippen LogP contribution in [0.4, 0.5) is 0 Å². The number of aryl methyl sites for hydroxylation is 1. The molecule has 1 aromatic heterocycles. The van der Waals surface area contributed by atoms with Crippen molar-refractivity contribution in [3.8, 4) is 5.75 Å². The lowest BCUT2D eigenvalue weighted by Gasteiger charge is -2.36. The first-order valence-corrected chi connectivity index (χ1v) is 8.03. The lowest BCUT2D eigenvalue weighted by molar-refractivity contribution is 0.184. The van der Waals surface area contributed by atoms with E-state index in [2.05, 4.69) is 24.3 Å². The Bertz CT molecular complexity index is 481. The van der Waals surface area contributed by atoms with Crippen molar-refractivity contribution in [1.82, 2.24) is 10.4 Å². The monoisotopic (exact) mass is 291 g/mol. The molecule has 0 amide bonds. The maximum absolute atomic E-state index is 5.90. The zero-order chi connectivity index (χ0) is 15.5. The van der Waals surface area contributed by atoms with Gasteiger partial charge in [-0.1, -0.05) is 19.8 Å². The van der Waals surface area contributed by atoms with E-state index in [1.54, 1.807) is 7.11 Å². The van der Waals surface area contributed by atoms with Crippen LogP contribution in [0.5, 0.6) is 5.75 Å². The van der Waals surface area contributed by atoms with Gasteiger partial charge in [-0.3, -0.25) is 16.3 Å². The molecule has 0 saturated heterocycles. The lowest BCUT2D eigenvalue weighted by atomic mass is 9.74. The smallest absolute Gasteiger partial charge is 0.128 e. The Morgan fingerprint density at radius 1 is 1.38 bits per heavy atom. The number of pyridine rings is 1. The predicted molar refractivity (Wildman–Crippen MR) is 86.3 cm³/mol. The summed E-state index contributed by atoms with van der Waals surface area (Å²) in [5, 5.41) is 0. The molecule has 1 aromatic rings. The van der Waals surface area contributed by atoms with Gasteiger partial charge < -0.3 is 4.74 Å². The van der Waals surface area contributed by atoms with Crippen molar-refractivity contribution >= 4 is 0 Å². The number of hydrogen-bond acceptors (Lipinski definition) is 4. The number of hydrogen-bond donors (Lipinski definition) is 2. The van der Waals surface area contributed by atoms with Gasteiger partial charge >= 0.3 is 0 Å². The molecule has 4 heteroatoms. The summed E-state index contributed by atoms with van der Waals surface area (Å²) >= 11 is 0. The normalized spacial score (nSPS) is 18.7. The Morgan fingerprint density at radius 2 is 2.05 bits per heavy atom. The largest absolute Gasteiger partial charge is 0.496 e. The number of nitrogens with zero attached hydrogens (tertiary/aromatic N) is 1. The van der Waals surface area contributed by atoms with Crippen LogP contribution < -0.4 is 16.0 Å². The zero-order valence-electron chi connectivity index (χ0n) is 13.8. The van der Waals surface area contributed by atoms with Gasteiger partial charge in [-0.05, 0) is 38.5 Å². The minimum absolute atomic E-state index is 0.281. The number of nitrogens with two attached hydrogens (primary N) is 1. The average molecular weight is 291 g/mol. The molecule has 2 rings (SSSR count). The maximum atomic E-state index is 5.90. The predicted octanol–water partition coefficient (Wildman–Crippen LogP) is 3.05. The molecular formula is C17H29N3O. The van der Waals surface area contributed by atoms with Gasteiger partial charge in [0.15, 0.2) is 0 Å². The Kier molecular flexibility index (Phi) is 5.22. The molecule has 1 heterocycles. The number of ether oxygens (including phenoxy) is 1. The van der Waals surface area contributed by atoms with Crippen LogP contribution in [0.3, 0.4) is 0 Å². The van der Waals surface area contributed by atoms with Crippen LogP contribution in [-0.2, 0) is 6.42 Å². The molecule has 3 N–H and O–H groups in total. The number of hydrazine groups is 1. The summed E-state index contributed by atoms with van der Waals surface area (Å²) in [5.74, 6) is 6.85. The van der Waals surface area contributed by atoms with Gasteiger partial charge in [0.2, 0.25) is 0 Å². The fourth-order valence-electron chi connectivity index (χ4n) is 3.95. The third kappa shape index (κ3) is 3.06. The molecule has 21 heavy (non-hydrogen) atoms. The second-order valence-electron chi connectivity index (χ2n) is 6.39. The summed E-state index contributed by atoms with van der Waals surface area (Å²) < 4.78 is 5.52. The maximum Gasteiger partial charge on any atom is 0.128 e. The second kappa shape index (κ2) is 6.75. The lowest BCUT2D eigenvalue weighted by Crippen LogP contribution is -2.48. The summed E-state index contributed by atoms with van der Waals surface area (Å²) in [4.78, 5) is 4.64. The van der Waals surface area contributed by atoms with Crippen LogP contribution in [0.15, 0.2) is 6.20 Å². The van der Waals surface area contributed by atoms with Gasteiger partial charge in [-0.2, -0.15) is 0 Å². The minimum atomic E-state index is 0.281. The first-order chi connectivity index (χ1) is 10.1.